The predicted octanol–water partition coefficient (Wildman–Crippen LogP) is 2.70. The van der Waals surface area contributed by atoms with Crippen LogP contribution in [0.3, 0.4) is 0 Å². The first-order chi connectivity index (χ1) is 8.15. The van der Waals surface area contributed by atoms with Gasteiger partial charge in [-0.25, -0.2) is 4.98 Å². The summed E-state index contributed by atoms with van der Waals surface area (Å²) in [6.45, 7) is 2.38. The van der Waals surface area contributed by atoms with E-state index in [1.807, 2.05) is 18.2 Å². The molecule has 0 N–H and O–H groups in total. The number of benzene rings is 1. The van der Waals surface area contributed by atoms with Gasteiger partial charge < -0.3 is 4.57 Å². The molecule has 0 radical (unpaired) electrons. The molecule has 4 heteroatoms. The van der Waals surface area contributed by atoms with E-state index in [2.05, 4.69) is 9.55 Å². The van der Waals surface area contributed by atoms with Gasteiger partial charge in [-0.05, 0) is 24.6 Å². The van der Waals surface area contributed by atoms with Crippen molar-refractivity contribution in [3.63, 3.8) is 0 Å². The van der Waals surface area contributed by atoms with Crippen molar-refractivity contribution >= 4 is 17.4 Å². The van der Waals surface area contributed by atoms with Crippen LogP contribution < -0.4 is 0 Å². The van der Waals surface area contributed by atoms with Crippen LogP contribution in [0, 0.1) is 0 Å². The van der Waals surface area contributed by atoms with Crippen molar-refractivity contribution in [1.82, 2.24) is 9.55 Å². The molecule has 0 saturated heterocycles. The molecule has 0 bridgehead atoms. The van der Waals surface area contributed by atoms with Crippen molar-refractivity contribution in [3.05, 3.63) is 40.7 Å². The number of fused-ring (bicyclic) bond motifs is 3. The predicted molar refractivity (Wildman–Crippen MR) is 66.2 cm³/mol. The number of aromatic nitrogens is 2. The van der Waals surface area contributed by atoms with Crippen molar-refractivity contribution in [2.45, 2.75) is 19.9 Å². The number of ketones is 1. The van der Waals surface area contributed by atoms with E-state index < -0.39 is 0 Å². The summed E-state index contributed by atoms with van der Waals surface area (Å²) < 4.78 is 2.09. The lowest BCUT2D eigenvalue weighted by molar-refractivity contribution is -0.116. The molecule has 1 aromatic carbocycles. The number of hydrogen-bond acceptors (Lipinski definition) is 2. The van der Waals surface area contributed by atoms with Crippen LogP contribution in [0.5, 0.6) is 0 Å². The van der Waals surface area contributed by atoms with Gasteiger partial charge in [-0.1, -0.05) is 17.7 Å². The van der Waals surface area contributed by atoms with Crippen molar-refractivity contribution < 1.29 is 4.79 Å². The first-order valence-electron chi connectivity index (χ1n) is 5.48. The number of rotatable bonds is 2. The zero-order chi connectivity index (χ0) is 12.0. The molecule has 0 spiro atoms. The molecule has 0 aliphatic carbocycles. The molecular formula is C13H11ClN2O. The Morgan fingerprint density at radius 2 is 2.35 bits per heavy atom. The minimum atomic E-state index is 0.154. The fraction of sp³-hybridized carbons (Fsp3) is 0.231. The molecule has 0 unspecified atom stereocenters. The first kappa shape index (κ1) is 10.5. The molecule has 3 nitrogen and oxygen atoms in total. The molecule has 0 atom stereocenters. The van der Waals surface area contributed by atoms with E-state index in [1.165, 1.54) is 5.56 Å². The van der Waals surface area contributed by atoms with Gasteiger partial charge in [0.05, 0.1) is 6.54 Å². The second kappa shape index (κ2) is 3.70. The van der Waals surface area contributed by atoms with E-state index >= 15 is 0 Å². The standard InChI is InChI=1S/C13H11ClN2O/c1-8(17)4-11-6-15-13-12-5-10(14)3-2-9(12)7-16(11)13/h2-3,5-6H,4,7H2,1H3. The summed E-state index contributed by atoms with van der Waals surface area (Å²) in [6, 6.07) is 5.83. The number of carbonyl (C=O) groups is 1. The van der Waals surface area contributed by atoms with E-state index in [-0.39, 0.29) is 5.78 Å². The van der Waals surface area contributed by atoms with Crippen LogP contribution in [0.4, 0.5) is 0 Å². The minimum absolute atomic E-state index is 0.154. The third-order valence-electron chi connectivity index (χ3n) is 3.01. The van der Waals surface area contributed by atoms with Crippen LogP contribution in [0.15, 0.2) is 24.4 Å². The average molecular weight is 247 g/mol. The average Bonchev–Trinajstić information content (AvgIpc) is 2.78. The van der Waals surface area contributed by atoms with E-state index in [0.29, 0.717) is 11.4 Å². The van der Waals surface area contributed by atoms with Crippen LogP contribution in [0.1, 0.15) is 18.2 Å². The second-order valence-corrected chi connectivity index (χ2v) is 4.78. The van der Waals surface area contributed by atoms with Gasteiger partial charge in [0.15, 0.2) is 0 Å². The highest BCUT2D eigenvalue weighted by atomic mass is 35.5. The Balaban J connectivity index is 2.09. The van der Waals surface area contributed by atoms with Crippen molar-refractivity contribution in [2.24, 2.45) is 0 Å². The Bertz CT molecular complexity index is 616. The molecular weight excluding hydrogens is 236 g/mol. The monoisotopic (exact) mass is 246 g/mol. The normalized spacial score (nSPS) is 12.4. The molecule has 0 fully saturated rings. The second-order valence-electron chi connectivity index (χ2n) is 4.34. The van der Waals surface area contributed by atoms with E-state index in [0.717, 1.165) is 23.6 Å². The lowest BCUT2D eigenvalue weighted by Crippen LogP contribution is -2.04. The largest absolute Gasteiger partial charge is 0.323 e. The van der Waals surface area contributed by atoms with Crippen LogP contribution in [-0.2, 0) is 17.8 Å². The van der Waals surface area contributed by atoms with Gasteiger partial charge in [-0.15, -0.1) is 0 Å². The highest BCUT2D eigenvalue weighted by Crippen LogP contribution is 2.33. The highest BCUT2D eigenvalue weighted by Gasteiger charge is 2.22. The lowest BCUT2D eigenvalue weighted by Gasteiger charge is -2.01. The molecule has 3 rings (SSSR count). The minimum Gasteiger partial charge on any atom is -0.323 e. The third kappa shape index (κ3) is 1.67. The smallest absolute Gasteiger partial charge is 0.140 e. The van der Waals surface area contributed by atoms with Gasteiger partial charge in [-0.2, -0.15) is 0 Å². The molecule has 17 heavy (non-hydrogen) atoms. The Morgan fingerprint density at radius 3 is 3.12 bits per heavy atom. The summed E-state index contributed by atoms with van der Waals surface area (Å²) in [6.07, 6.45) is 2.22. The summed E-state index contributed by atoms with van der Waals surface area (Å²) in [5.74, 6) is 1.07. The van der Waals surface area contributed by atoms with Gasteiger partial charge >= 0.3 is 0 Å². The maximum atomic E-state index is 11.2. The number of carbonyl (C=O) groups excluding carboxylic acids is 1. The van der Waals surface area contributed by atoms with Crippen LogP contribution in [-0.4, -0.2) is 15.3 Å². The SMILES string of the molecule is CC(=O)Cc1cnc2n1Cc1ccc(Cl)cc1-2. The molecule has 1 aliphatic heterocycles. The molecule has 2 heterocycles. The Hall–Kier alpha value is -1.61. The Kier molecular flexibility index (Phi) is 2.30. The van der Waals surface area contributed by atoms with Crippen molar-refractivity contribution in [1.29, 1.82) is 0 Å². The van der Waals surface area contributed by atoms with Crippen molar-refractivity contribution in [3.8, 4) is 11.4 Å². The lowest BCUT2D eigenvalue weighted by atomic mass is 10.1. The zero-order valence-corrected chi connectivity index (χ0v) is 10.2. The third-order valence-corrected chi connectivity index (χ3v) is 3.24. The topological polar surface area (TPSA) is 34.9 Å². The van der Waals surface area contributed by atoms with E-state index in [4.69, 9.17) is 11.6 Å². The summed E-state index contributed by atoms with van der Waals surface area (Å²) in [5.41, 5.74) is 3.26. The van der Waals surface area contributed by atoms with Gasteiger partial charge in [0.2, 0.25) is 0 Å². The number of imidazole rings is 1. The fourth-order valence-electron chi connectivity index (χ4n) is 2.26. The number of Topliss-reactive ketones (excluding diaryl/α,β-unsaturated/α-hetero) is 1. The summed E-state index contributed by atoms with van der Waals surface area (Å²) in [7, 11) is 0. The van der Waals surface area contributed by atoms with E-state index in [1.54, 1.807) is 13.1 Å². The molecule has 1 aliphatic rings. The number of hydrogen-bond donors (Lipinski definition) is 0. The van der Waals surface area contributed by atoms with Gasteiger partial charge in [-0.3, -0.25) is 4.79 Å². The van der Waals surface area contributed by atoms with Crippen LogP contribution in [0.25, 0.3) is 11.4 Å². The first-order valence-corrected chi connectivity index (χ1v) is 5.85. The van der Waals surface area contributed by atoms with Crippen molar-refractivity contribution in [2.75, 3.05) is 0 Å². The summed E-state index contributed by atoms with van der Waals surface area (Å²) >= 11 is 5.99. The Morgan fingerprint density at radius 1 is 1.53 bits per heavy atom. The number of nitrogens with zero attached hydrogens (tertiary/aromatic N) is 2. The Labute approximate surface area is 104 Å². The molecule has 86 valence electrons. The van der Waals surface area contributed by atoms with Gasteiger partial charge in [0, 0.05) is 28.9 Å². The van der Waals surface area contributed by atoms with Gasteiger partial charge in [0.25, 0.3) is 0 Å². The molecule has 1 aromatic heterocycles. The fourth-order valence-corrected chi connectivity index (χ4v) is 2.44. The molecule has 0 amide bonds. The van der Waals surface area contributed by atoms with Gasteiger partial charge in [0.1, 0.15) is 11.6 Å². The maximum Gasteiger partial charge on any atom is 0.140 e. The highest BCUT2D eigenvalue weighted by molar-refractivity contribution is 6.30. The summed E-state index contributed by atoms with van der Waals surface area (Å²) in [5, 5.41) is 0.716. The maximum absolute atomic E-state index is 11.2. The molecule has 0 saturated carbocycles. The van der Waals surface area contributed by atoms with Crippen LogP contribution >= 0.6 is 11.6 Å². The molecule has 2 aromatic rings. The zero-order valence-electron chi connectivity index (χ0n) is 9.40. The number of halogens is 1. The quantitative estimate of drug-likeness (QED) is 0.697. The summed E-state index contributed by atoms with van der Waals surface area (Å²) in [4.78, 5) is 15.6. The van der Waals surface area contributed by atoms with Crippen LogP contribution in [0.2, 0.25) is 5.02 Å². The van der Waals surface area contributed by atoms with E-state index in [9.17, 15) is 4.79 Å².